The zero-order valence-corrected chi connectivity index (χ0v) is 36.3. The van der Waals surface area contributed by atoms with Crippen LogP contribution in [-0.4, -0.2) is 41.9 Å². The van der Waals surface area contributed by atoms with Gasteiger partial charge in [0.15, 0.2) is 0 Å². The monoisotopic (exact) mass is 788 g/mol. The Morgan fingerprint density at radius 2 is 0.836 bits per heavy atom. The Bertz CT molecular complexity index is 1140. The molecule has 0 aromatic rings. The molecule has 2 atom stereocenters. The zero-order valence-electron chi connectivity index (χ0n) is 35.5. The second-order valence-corrected chi connectivity index (χ2v) is 16.8. The third kappa shape index (κ3) is 42.8. The molecule has 318 valence electrons. The maximum absolute atomic E-state index is 12.5. The van der Waals surface area contributed by atoms with Crippen LogP contribution in [0.3, 0.4) is 0 Å². The van der Waals surface area contributed by atoms with E-state index in [0.717, 1.165) is 70.6 Å². The van der Waals surface area contributed by atoms with E-state index in [-0.39, 0.29) is 12.3 Å². The molecule has 0 heterocycles. The molecular formula is C48H85NO5S. The first kappa shape index (κ1) is 52.8. The van der Waals surface area contributed by atoms with Crippen molar-refractivity contribution in [3.8, 4) is 0 Å². The molecule has 0 saturated carbocycles. The second kappa shape index (κ2) is 41.4. The normalized spacial score (nSPS) is 13.9. The molecule has 1 amide bonds. The van der Waals surface area contributed by atoms with E-state index in [0.29, 0.717) is 12.8 Å². The van der Waals surface area contributed by atoms with Crippen molar-refractivity contribution in [2.45, 2.75) is 219 Å². The van der Waals surface area contributed by atoms with Gasteiger partial charge in [0.05, 0.1) is 17.9 Å². The summed E-state index contributed by atoms with van der Waals surface area (Å²) in [7, 11) is -4.37. The van der Waals surface area contributed by atoms with Crippen molar-refractivity contribution in [1.82, 2.24) is 5.32 Å². The smallest absolute Gasteiger partial charge is 0.267 e. The minimum absolute atomic E-state index is 0.267. The fourth-order valence-corrected chi connectivity index (χ4v) is 7.16. The first-order chi connectivity index (χ1) is 26.8. The molecule has 0 bridgehead atoms. The highest BCUT2D eigenvalue weighted by molar-refractivity contribution is 7.85. The highest BCUT2D eigenvalue weighted by Crippen LogP contribution is 2.13. The van der Waals surface area contributed by atoms with Crippen molar-refractivity contribution in [1.29, 1.82) is 0 Å². The van der Waals surface area contributed by atoms with Gasteiger partial charge in [0.1, 0.15) is 0 Å². The van der Waals surface area contributed by atoms with Crippen LogP contribution in [-0.2, 0) is 14.9 Å². The standard InChI is InChI=1S/C48H85NO5S/c1-3-5-7-9-11-13-15-17-19-21-23-24-26-27-29-31-33-35-37-39-41-43-47(50)46(45-55(52,53)54)49-48(51)44-42-40-38-36-34-32-30-28-25-22-20-18-16-14-12-10-8-6-4-2/h12,14,18,20,25-28,33,35,41,43,46-47,50H,3-11,13,15-17,19,21-24,29-32,34,36-40,42,44-45H2,1-2H3,(H,49,51)(H,52,53,54)/b14-12-,20-18-,27-26+,28-25-,35-33+,43-41+. The summed E-state index contributed by atoms with van der Waals surface area (Å²) in [6.45, 7) is 4.50. The average Bonchev–Trinajstić information content (AvgIpc) is 3.15. The van der Waals surface area contributed by atoms with E-state index in [1.807, 2.05) is 0 Å². The van der Waals surface area contributed by atoms with Crippen LogP contribution in [0, 0.1) is 0 Å². The molecule has 0 spiro atoms. The fourth-order valence-electron chi connectivity index (χ4n) is 6.43. The molecule has 0 radical (unpaired) electrons. The highest BCUT2D eigenvalue weighted by atomic mass is 32.2. The summed E-state index contributed by atoms with van der Waals surface area (Å²) in [6, 6.07) is -1.09. The first-order valence-electron chi connectivity index (χ1n) is 22.6. The number of allylic oxidation sites excluding steroid dienone is 11. The molecule has 0 aromatic carbocycles. The molecule has 0 fully saturated rings. The van der Waals surface area contributed by atoms with Crippen molar-refractivity contribution in [2.75, 3.05) is 5.75 Å². The Hall–Kier alpha value is -2.22. The molecule has 0 aliphatic rings. The molecule has 6 nitrogen and oxygen atoms in total. The van der Waals surface area contributed by atoms with Gasteiger partial charge in [0.2, 0.25) is 5.91 Å². The lowest BCUT2D eigenvalue weighted by molar-refractivity contribution is -0.122. The molecule has 3 N–H and O–H groups in total. The van der Waals surface area contributed by atoms with Gasteiger partial charge in [-0.25, -0.2) is 0 Å². The molecule has 7 heteroatoms. The van der Waals surface area contributed by atoms with Gasteiger partial charge in [-0.1, -0.05) is 189 Å². The van der Waals surface area contributed by atoms with Gasteiger partial charge in [-0.3, -0.25) is 9.35 Å². The number of rotatable bonds is 40. The number of aliphatic hydroxyl groups excluding tert-OH is 1. The predicted molar refractivity (Wildman–Crippen MR) is 239 cm³/mol. The average molecular weight is 788 g/mol. The lowest BCUT2D eigenvalue weighted by Gasteiger charge is -2.21. The van der Waals surface area contributed by atoms with E-state index in [9.17, 15) is 22.9 Å². The number of hydrogen-bond acceptors (Lipinski definition) is 4. The number of carbonyl (C=O) groups is 1. The lowest BCUT2D eigenvalue weighted by Crippen LogP contribution is -2.46. The van der Waals surface area contributed by atoms with Crippen LogP contribution in [0.25, 0.3) is 0 Å². The van der Waals surface area contributed by atoms with Crippen molar-refractivity contribution in [3.63, 3.8) is 0 Å². The molecule has 0 aromatic heterocycles. The van der Waals surface area contributed by atoms with Crippen molar-refractivity contribution in [2.24, 2.45) is 0 Å². The Morgan fingerprint density at radius 1 is 0.491 bits per heavy atom. The first-order valence-corrected chi connectivity index (χ1v) is 24.2. The summed E-state index contributed by atoms with van der Waals surface area (Å²) < 4.78 is 32.6. The van der Waals surface area contributed by atoms with Crippen LogP contribution in [0.1, 0.15) is 206 Å². The Kier molecular flexibility index (Phi) is 39.7. The summed E-state index contributed by atoms with van der Waals surface area (Å²) in [5.41, 5.74) is 0. The molecule has 0 aliphatic carbocycles. The minimum Gasteiger partial charge on any atom is -0.387 e. The number of amides is 1. The van der Waals surface area contributed by atoms with E-state index in [2.05, 4.69) is 79.9 Å². The van der Waals surface area contributed by atoms with Crippen molar-refractivity contribution >= 4 is 16.0 Å². The third-order valence-corrected chi connectivity index (χ3v) is 10.6. The van der Waals surface area contributed by atoms with Gasteiger partial charge < -0.3 is 10.4 Å². The molecule has 2 unspecified atom stereocenters. The third-order valence-electron chi connectivity index (χ3n) is 9.83. The van der Waals surface area contributed by atoms with E-state index < -0.39 is 28.0 Å². The zero-order chi connectivity index (χ0) is 40.3. The fraction of sp³-hybridized carbons (Fsp3) is 0.729. The van der Waals surface area contributed by atoms with E-state index in [1.165, 1.54) is 109 Å². The quantitative estimate of drug-likeness (QED) is 0.0326. The lowest BCUT2D eigenvalue weighted by atomic mass is 10.1. The van der Waals surface area contributed by atoms with Crippen LogP contribution in [0.4, 0.5) is 0 Å². The van der Waals surface area contributed by atoms with E-state index >= 15 is 0 Å². The maximum Gasteiger partial charge on any atom is 0.267 e. The number of hydrogen-bond donors (Lipinski definition) is 3. The van der Waals surface area contributed by atoms with Gasteiger partial charge in [0, 0.05) is 6.42 Å². The Balaban J connectivity index is 3.99. The Labute approximate surface area is 340 Å². The van der Waals surface area contributed by atoms with E-state index in [4.69, 9.17) is 0 Å². The minimum atomic E-state index is -4.37. The predicted octanol–water partition coefficient (Wildman–Crippen LogP) is 13.8. The van der Waals surface area contributed by atoms with Gasteiger partial charge in [0.25, 0.3) is 10.1 Å². The summed E-state index contributed by atoms with van der Waals surface area (Å²) in [4.78, 5) is 12.5. The van der Waals surface area contributed by atoms with Crippen LogP contribution < -0.4 is 5.32 Å². The van der Waals surface area contributed by atoms with Gasteiger partial charge >= 0.3 is 0 Å². The molecule has 0 aliphatic heterocycles. The Morgan fingerprint density at radius 3 is 1.31 bits per heavy atom. The number of nitrogens with one attached hydrogen (secondary N) is 1. The second-order valence-electron chi connectivity index (χ2n) is 15.3. The summed E-state index contributed by atoms with van der Waals surface area (Å²) in [5, 5.41) is 13.2. The maximum atomic E-state index is 12.5. The van der Waals surface area contributed by atoms with Gasteiger partial charge in [-0.15, -0.1) is 0 Å². The molecule has 55 heavy (non-hydrogen) atoms. The largest absolute Gasteiger partial charge is 0.387 e. The number of unbranched alkanes of at least 4 members (excludes halogenated alkanes) is 22. The highest BCUT2D eigenvalue weighted by Gasteiger charge is 2.24. The number of carbonyl (C=O) groups excluding carboxylic acids is 1. The topological polar surface area (TPSA) is 104 Å². The summed E-state index contributed by atoms with van der Waals surface area (Å²) in [6.07, 6.45) is 58.9. The molecular weight excluding hydrogens is 703 g/mol. The van der Waals surface area contributed by atoms with Crippen molar-refractivity contribution < 1.29 is 22.9 Å². The number of aliphatic hydroxyl groups is 1. The van der Waals surface area contributed by atoms with Crippen LogP contribution in [0.2, 0.25) is 0 Å². The van der Waals surface area contributed by atoms with Gasteiger partial charge in [-0.05, 0) is 83.5 Å². The molecule has 0 rings (SSSR count). The van der Waals surface area contributed by atoms with Crippen LogP contribution in [0.15, 0.2) is 72.9 Å². The SMILES string of the molecule is CCCCC/C=C\C/C=C\C/C=C\CCCCCCCCC(=O)NC(CS(=O)(=O)O)C(O)/C=C/CC/C=C/CC/C=C/CCCCCCCCCCCCC. The molecule has 0 saturated heterocycles. The summed E-state index contributed by atoms with van der Waals surface area (Å²) >= 11 is 0. The van der Waals surface area contributed by atoms with Crippen molar-refractivity contribution in [3.05, 3.63) is 72.9 Å². The summed E-state index contributed by atoms with van der Waals surface area (Å²) in [5.74, 6) is -1.03. The van der Waals surface area contributed by atoms with Crippen LogP contribution in [0.5, 0.6) is 0 Å². The van der Waals surface area contributed by atoms with Crippen LogP contribution >= 0.6 is 0 Å². The van der Waals surface area contributed by atoms with E-state index in [1.54, 1.807) is 6.08 Å². The van der Waals surface area contributed by atoms with Gasteiger partial charge in [-0.2, -0.15) is 8.42 Å².